The van der Waals surface area contributed by atoms with Crippen LogP contribution in [0.5, 0.6) is 0 Å². The highest BCUT2D eigenvalue weighted by Gasteiger charge is 2.08. The van der Waals surface area contributed by atoms with Gasteiger partial charge in [0.2, 0.25) is 0 Å². The molecule has 1 aliphatic rings. The molecule has 1 N–H and O–H groups in total. The lowest BCUT2D eigenvalue weighted by atomic mass is 10.1. The van der Waals surface area contributed by atoms with Gasteiger partial charge in [0.1, 0.15) is 0 Å². The molecule has 1 heteroatoms. The van der Waals surface area contributed by atoms with E-state index in [4.69, 9.17) is 0 Å². The summed E-state index contributed by atoms with van der Waals surface area (Å²) in [5.41, 5.74) is 4.11. The standard InChI is InChI=1S/C11H13N/c1-2-3-9-4-5-10-6-7-12-11(10)8-9/h2,4-5,8,12H,1,3,6-7H2. The molecule has 0 atom stereocenters. The van der Waals surface area contributed by atoms with Crippen LogP contribution in [-0.4, -0.2) is 6.54 Å². The Bertz CT molecular complexity index is 302. The van der Waals surface area contributed by atoms with Gasteiger partial charge in [-0.05, 0) is 30.0 Å². The smallest absolute Gasteiger partial charge is 0.0376 e. The number of anilines is 1. The molecule has 2 rings (SSSR count). The zero-order chi connectivity index (χ0) is 8.39. The van der Waals surface area contributed by atoms with Gasteiger partial charge in [0.25, 0.3) is 0 Å². The third-order valence-electron chi connectivity index (χ3n) is 2.26. The van der Waals surface area contributed by atoms with Crippen molar-refractivity contribution in [3.8, 4) is 0 Å². The Hall–Kier alpha value is -1.24. The van der Waals surface area contributed by atoms with Gasteiger partial charge in [0, 0.05) is 12.2 Å². The molecule has 1 heterocycles. The monoisotopic (exact) mass is 159 g/mol. The van der Waals surface area contributed by atoms with Gasteiger partial charge in [-0.3, -0.25) is 0 Å². The van der Waals surface area contributed by atoms with E-state index in [2.05, 4.69) is 30.1 Å². The topological polar surface area (TPSA) is 12.0 Å². The van der Waals surface area contributed by atoms with Gasteiger partial charge in [0.15, 0.2) is 0 Å². The van der Waals surface area contributed by atoms with Gasteiger partial charge in [0.05, 0.1) is 0 Å². The molecule has 0 aromatic heterocycles. The van der Waals surface area contributed by atoms with Crippen molar-refractivity contribution in [2.45, 2.75) is 12.8 Å². The Morgan fingerprint density at radius 1 is 1.50 bits per heavy atom. The molecule has 12 heavy (non-hydrogen) atoms. The molecule has 0 fully saturated rings. The molecule has 0 spiro atoms. The second-order valence-electron chi connectivity index (χ2n) is 3.16. The first-order valence-corrected chi connectivity index (χ1v) is 4.37. The molecule has 1 nitrogen and oxygen atoms in total. The van der Waals surface area contributed by atoms with Crippen molar-refractivity contribution in [3.05, 3.63) is 42.0 Å². The molecular weight excluding hydrogens is 146 g/mol. The minimum Gasteiger partial charge on any atom is -0.384 e. The lowest BCUT2D eigenvalue weighted by molar-refractivity contribution is 1.11. The van der Waals surface area contributed by atoms with Crippen LogP contribution >= 0.6 is 0 Å². The van der Waals surface area contributed by atoms with Crippen LogP contribution in [0.4, 0.5) is 5.69 Å². The maximum atomic E-state index is 3.73. The highest BCUT2D eigenvalue weighted by molar-refractivity contribution is 5.57. The van der Waals surface area contributed by atoms with Gasteiger partial charge in [-0.1, -0.05) is 18.2 Å². The summed E-state index contributed by atoms with van der Waals surface area (Å²) >= 11 is 0. The predicted molar refractivity (Wildman–Crippen MR) is 52.5 cm³/mol. The van der Waals surface area contributed by atoms with E-state index in [-0.39, 0.29) is 0 Å². The first-order valence-electron chi connectivity index (χ1n) is 4.37. The zero-order valence-corrected chi connectivity index (χ0v) is 7.14. The van der Waals surface area contributed by atoms with Crippen molar-refractivity contribution >= 4 is 5.69 Å². The Balaban J connectivity index is 2.32. The molecule has 0 saturated heterocycles. The lowest BCUT2D eigenvalue weighted by Gasteiger charge is -2.01. The number of hydrogen-bond donors (Lipinski definition) is 1. The van der Waals surface area contributed by atoms with Crippen molar-refractivity contribution in [1.29, 1.82) is 0 Å². The van der Waals surface area contributed by atoms with Crippen LogP contribution in [0.1, 0.15) is 11.1 Å². The minimum atomic E-state index is 0.967. The maximum absolute atomic E-state index is 3.73. The molecule has 1 aliphatic heterocycles. The summed E-state index contributed by atoms with van der Waals surface area (Å²) in [6.07, 6.45) is 4.08. The average Bonchev–Trinajstić information content (AvgIpc) is 2.51. The largest absolute Gasteiger partial charge is 0.384 e. The van der Waals surface area contributed by atoms with E-state index in [1.54, 1.807) is 0 Å². The number of hydrogen-bond acceptors (Lipinski definition) is 1. The first kappa shape index (κ1) is 7.41. The van der Waals surface area contributed by atoms with Crippen molar-refractivity contribution in [2.75, 3.05) is 11.9 Å². The number of allylic oxidation sites excluding steroid dienone is 1. The fourth-order valence-corrected chi connectivity index (χ4v) is 1.63. The van der Waals surface area contributed by atoms with Crippen LogP contribution in [0.2, 0.25) is 0 Å². The van der Waals surface area contributed by atoms with Crippen LogP contribution < -0.4 is 5.32 Å². The van der Waals surface area contributed by atoms with Gasteiger partial charge >= 0.3 is 0 Å². The number of nitrogens with one attached hydrogen (secondary N) is 1. The maximum Gasteiger partial charge on any atom is 0.0376 e. The van der Waals surface area contributed by atoms with Crippen molar-refractivity contribution in [1.82, 2.24) is 0 Å². The van der Waals surface area contributed by atoms with Gasteiger partial charge < -0.3 is 5.32 Å². The van der Waals surface area contributed by atoms with E-state index in [1.165, 1.54) is 23.2 Å². The zero-order valence-electron chi connectivity index (χ0n) is 7.14. The van der Waals surface area contributed by atoms with Crippen LogP contribution in [0.3, 0.4) is 0 Å². The van der Waals surface area contributed by atoms with E-state index in [0.29, 0.717) is 0 Å². The Kier molecular flexibility index (Phi) is 1.86. The van der Waals surface area contributed by atoms with Crippen LogP contribution in [-0.2, 0) is 12.8 Å². The van der Waals surface area contributed by atoms with Crippen molar-refractivity contribution in [3.63, 3.8) is 0 Å². The molecule has 1 aromatic carbocycles. The summed E-state index contributed by atoms with van der Waals surface area (Å²) in [6.45, 7) is 4.82. The molecule has 0 unspecified atom stereocenters. The summed E-state index contributed by atoms with van der Waals surface area (Å²) in [4.78, 5) is 0. The minimum absolute atomic E-state index is 0.967. The number of rotatable bonds is 2. The van der Waals surface area contributed by atoms with Crippen LogP contribution in [0.25, 0.3) is 0 Å². The fourth-order valence-electron chi connectivity index (χ4n) is 1.63. The van der Waals surface area contributed by atoms with Crippen LogP contribution in [0, 0.1) is 0 Å². The third kappa shape index (κ3) is 1.22. The quantitative estimate of drug-likeness (QED) is 0.653. The van der Waals surface area contributed by atoms with Gasteiger partial charge in [-0.2, -0.15) is 0 Å². The van der Waals surface area contributed by atoms with Crippen molar-refractivity contribution < 1.29 is 0 Å². The Morgan fingerprint density at radius 3 is 3.25 bits per heavy atom. The Morgan fingerprint density at radius 2 is 2.42 bits per heavy atom. The van der Waals surface area contributed by atoms with Crippen molar-refractivity contribution in [2.24, 2.45) is 0 Å². The van der Waals surface area contributed by atoms with E-state index >= 15 is 0 Å². The molecular formula is C11H13N. The molecule has 0 amide bonds. The summed E-state index contributed by atoms with van der Waals surface area (Å²) in [5.74, 6) is 0. The van der Waals surface area contributed by atoms with Gasteiger partial charge in [-0.15, -0.1) is 6.58 Å². The SMILES string of the molecule is C=CCc1ccc2c(c1)NCC2. The third-order valence-corrected chi connectivity index (χ3v) is 2.26. The second-order valence-corrected chi connectivity index (χ2v) is 3.16. The molecule has 0 aliphatic carbocycles. The molecule has 0 radical (unpaired) electrons. The molecule has 1 aromatic rings. The fraction of sp³-hybridized carbons (Fsp3) is 0.273. The number of fused-ring (bicyclic) bond motifs is 1. The normalized spacial score (nSPS) is 13.7. The van der Waals surface area contributed by atoms with E-state index in [9.17, 15) is 0 Å². The summed E-state index contributed by atoms with van der Waals surface area (Å²) in [7, 11) is 0. The first-order chi connectivity index (χ1) is 5.90. The van der Waals surface area contributed by atoms with E-state index in [0.717, 1.165) is 13.0 Å². The van der Waals surface area contributed by atoms with Crippen LogP contribution in [0.15, 0.2) is 30.9 Å². The highest BCUT2D eigenvalue weighted by Crippen LogP contribution is 2.23. The summed E-state index contributed by atoms with van der Waals surface area (Å²) in [6, 6.07) is 6.63. The van der Waals surface area contributed by atoms with E-state index in [1.807, 2.05) is 6.08 Å². The van der Waals surface area contributed by atoms with Gasteiger partial charge in [-0.25, -0.2) is 0 Å². The second kappa shape index (κ2) is 3.02. The number of benzene rings is 1. The molecule has 0 saturated carbocycles. The predicted octanol–water partition coefficient (Wildman–Crippen LogP) is 2.38. The van der Waals surface area contributed by atoms with E-state index < -0.39 is 0 Å². The Labute approximate surface area is 73.1 Å². The molecule has 62 valence electrons. The lowest BCUT2D eigenvalue weighted by Crippen LogP contribution is -1.91. The average molecular weight is 159 g/mol. The summed E-state index contributed by atoms with van der Waals surface area (Å²) in [5, 5.41) is 3.36. The summed E-state index contributed by atoms with van der Waals surface area (Å²) < 4.78 is 0. The molecule has 0 bridgehead atoms. The highest BCUT2D eigenvalue weighted by atomic mass is 14.9.